The van der Waals surface area contributed by atoms with Crippen LogP contribution in [-0.2, 0) is 22.6 Å². The van der Waals surface area contributed by atoms with Crippen molar-refractivity contribution in [1.29, 1.82) is 0 Å². The molecule has 3 rings (SSSR count). The summed E-state index contributed by atoms with van der Waals surface area (Å²) in [5.41, 5.74) is 1.70. The predicted molar refractivity (Wildman–Crippen MR) is 139 cm³/mol. The van der Waals surface area contributed by atoms with Crippen LogP contribution in [0.4, 0.5) is 0 Å². The van der Waals surface area contributed by atoms with E-state index >= 15 is 0 Å². The summed E-state index contributed by atoms with van der Waals surface area (Å²) in [6.45, 7) is 2.16. The van der Waals surface area contributed by atoms with E-state index in [2.05, 4.69) is 5.32 Å². The maximum Gasteiger partial charge on any atom is 0.243 e. The van der Waals surface area contributed by atoms with Gasteiger partial charge in [0, 0.05) is 29.1 Å². The number of aryl methyl sites for hydroxylation is 1. The number of hydrogen-bond donors (Lipinski definition) is 1. The van der Waals surface area contributed by atoms with Crippen LogP contribution in [0.25, 0.3) is 0 Å². The minimum absolute atomic E-state index is 0.107. The number of nitrogens with one attached hydrogen (secondary N) is 1. The molecule has 0 saturated heterocycles. The number of amides is 2. The Kier molecular flexibility index (Phi) is 10.1. The lowest BCUT2D eigenvalue weighted by atomic mass is 10.0. The zero-order valence-corrected chi connectivity index (χ0v) is 22.1. The second-order valence-electron chi connectivity index (χ2n) is 8.86. The van der Waals surface area contributed by atoms with E-state index < -0.39 is 6.04 Å². The summed E-state index contributed by atoms with van der Waals surface area (Å²) < 4.78 is 10.7. The maximum absolute atomic E-state index is 13.5. The molecular weight excluding hydrogens is 487 g/mol. The summed E-state index contributed by atoms with van der Waals surface area (Å²) in [5.74, 6) is 1.03. The van der Waals surface area contributed by atoms with Gasteiger partial charge in [-0.1, -0.05) is 55.1 Å². The Morgan fingerprint density at radius 1 is 1.06 bits per heavy atom. The van der Waals surface area contributed by atoms with Gasteiger partial charge in [0.2, 0.25) is 11.8 Å². The Hall–Kier alpha value is -2.44. The molecule has 1 unspecified atom stereocenters. The first-order chi connectivity index (χ1) is 16.9. The minimum Gasteiger partial charge on any atom is -0.493 e. The van der Waals surface area contributed by atoms with Gasteiger partial charge in [-0.3, -0.25) is 9.59 Å². The smallest absolute Gasteiger partial charge is 0.243 e. The first kappa shape index (κ1) is 27.2. The second-order valence-corrected chi connectivity index (χ2v) is 9.70. The lowest BCUT2D eigenvalue weighted by Gasteiger charge is -2.32. The van der Waals surface area contributed by atoms with E-state index in [1.54, 1.807) is 37.3 Å². The molecule has 2 aromatic rings. The highest BCUT2D eigenvalue weighted by atomic mass is 35.5. The fraction of sp³-hybridized carbons (Fsp3) is 0.481. The molecule has 0 aliphatic heterocycles. The molecule has 0 heterocycles. The molecule has 0 bridgehead atoms. The molecular formula is C27H34Cl2N2O4. The zero-order chi connectivity index (χ0) is 25.4. The van der Waals surface area contributed by atoms with Crippen LogP contribution in [-0.4, -0.2) is 43.0 Å². The van der Waals surface area contributed by atoms with Crippen LogP contribution < -0.4 is 14.8 Å². The summed E-state index contributed by atoms with van der Waals surface area (Å²) in [7, 11) is 3.17. The van der Waals surface area contributed by atoms with Crippen LogP contribution in [0, 0.1) is 0 Å². The van der Waals surface area contributed by atoms with Gasteiger partial charge in [-0.2, -0.15) is 0 Å². The molecule has 2 amide bonds. The average molecular weight is 521 g/mol. The Balaban J connectivity index is 1.80. The number of carbonyl (C=O) groups is 2. The van der Waals surface area contributed by atoms with Gasteiger partial charge in [0.05, 0.1) is 14.2 Å². The third kappa shape index (κ3) is 7.28. The SMILES string of the molecule is CCC(C(=O)NC1CCCC1)N(Cc1ccc(Cl)cc1Cl)C(=O)CCc1ccc(OC)c(OC)c1. The number of ether oxygens (including phenoxy) is 2. The van der Waals surface area contributed by atoms with E-state index in [9.17, 15) is 9.59 Å². The highest BCUT2D eigenvalue weighted by Crippen LogP contribution is 2.29. The van der Waals surface area contributed by atoms with Crippen molar-refractivity contribution in [2.45, 2.75) is 70.5 Å². The maximum atomic E-state index is 13.5. The summed E-state index contributed by atoms with van der Waals surface area (Å²) in [5, 5.41) is 4.16. The number of methoxy groups -OCH3 is 2. The Morgan fingerprint density at radius 2 is 1.77 bits per heavy atom. The molecule has 1 aliphatic rings. The Morgan fingerprint density at radius 3 is 2.40 bits per heavy atom. The lowest BCUT2D eigenvalue weighted by Crippen LogP contribution is -2.51. The predicted octanol–water partition coefficient (Wildman–Crippen LogP) is 5.81. The Labute approximate surface area is 217 Å². The fourth-order valence-corrected chi connectivity index (χ4v) is 5.02. The van der Waals surface area contributed by atoms with E-state index in [1.165, 1.54) is 0 Å². The van der Waals surface area contributed by atoms with Crippen molar-refractivity contribution in [1.82, 2.24) is 10.2 Å². The van der Waals surface area contributed by atoms with Crippen LogP contribution in [0.1, 0.15) is 56.6 Å². The zero-order valence-electron chi connectivity index (χ0n) is 20.6. The molecule has 1 N–H and O–H groups in total. The van der Waals surface area contributed by atoms with Gasteiger partial charge in [-0.25, -0.2) is 0 Å². The molecule has 0 radical (unpaired) electrons. The monoisotopic (exact) mass is 520 g/mol. The average Bonchev–Trinajstić information content (AvgIpc) is 3.36. The molecule has 1 saturated carbocycles. The van der Waals surface area contributed by atoms with Crippen LogP contribution in [0.2, 0.25) is 10.0 Å². The molecule has 6 nitrogen and oxygen atoms in total. The topological polar surface area (TPSA) is 67.9 Å². The molecule has 0 aromatic heterocycles. The molecule has 1 atom stereocenters. The summed E-state index contributed by atoms with van der Waals surface area (Å²) in [6.07, 6.45) is 5.47. The van der Waals surface area contributed by atoms with Crippen LogP contribution in [0.3, 0.4) is 0 Å². The minimum atomic E-state index is -0.583. The number of benzene rings is 2. The van der Waals surface area contributed by atoms with Gasteiger partial charge < -0.3 is 19.7 Å². The second kappa shape index (κ2) is 13.0. The first-order valence-corrected chi connectivity index (χ1v) is 12.9. The van der Waals surface area contributed by atoms with Gasteiger partial charge >= 0.3 is 0 Å². The van der Waals surface area contributed by atoms with E-state index in [-0.39, 0.29) is 30.8 Å². The first-order valence-electron chi connectivity index (χ1n) is 12.1. The highest BCUT2D eigenvalue weighted by Gasteiger charge is 2.30. The van der Waals surface area contributed by atoms with Crippen molar-refractivity contribution < 1.29 is 19.1 Å². The van der Waals surface area contributed by atoms with Crippen LogP contribution in [0.5, 0.6) is 11.5 Å². The molecule has 190 valence electrons. The third-order valence-electron chi connectivity index (χ3n) is 6.52. The molecule has 35 heavy (non-hydrogen) atoms. The van der Waals surface area contributed by atoms with Crippen molar-refractivity contribution >= 4 is 35.0 Å². The molecule has 8 heteroatoms. The van der Waals surface area contributed by atoms with Crippen LogP contribution >= 0.6 is 23.2 Å². The fourth-order valence-electron chi connectivity index (χ4n) is 4.55. The molecule has 0 spiro atoms. The van der Waals surface area contributed by atoms with Crippen molar-refractivity contribution in [3.8, 4) is 11.5 Å². The van der Waals surface area contributed by atoms with Crippen molar-refractivity contribution in [3.05, 3.63) is 57.6 Å². The summed E-state index contributed by atoms with van der Waals surface area (Å²) in [6, 6.07) is 10.4. The quantitative estimate of drug-likeness (QED) is 0.405. The van der Waals surface area contributed by atoms with E-state index in [0.29, 0.717) is 34.4 Å². The number of carbonyl (C=O) groups excluding carboxylic acids is 2. The summed E-state index contributed by atoms with van der Waals surface area (Å²) in [4.78, 5) is 28.4. The Bertz CT molecular complexity index is 1020. The number of halogens is 2. The van der Waals surface area contributed by atoms with Crippen molar-refractivity contribution in [3.63, 3.8) is 0 Å². The van der Waals surface area contributed by atoms with Gasteiger partial charge in [0.25, 0.3) is 0 Å². The third-order valence-corrected chi connectivity index (χ3v) is 7.11. The molecule has 1 aliphatic carbocycles. The normalized spacial score (nSPS) is 14.4. The van der Waals surface area contributed by atoms with E-state index in [4.69, 9.17) is 32.7 Å². The van der Waals surface area contributed by atoms with Gasteiger partial charge in [0.1, 0.15) is 6.04 Å². The standard InChI is InChI=1S/C27H34Cl2N2O4/c1-4-23(27(33)30-21-7-5-6-8-21)31(17-19-11-12-20(28)16-22(19)29)26(32)14-10-18-9-13-24(34-2)25(15-18)35-3/h9,11-13,15-16,21,23H,4-8,10,14,17H2,1-3H3,(H,30,33). The lowest BCUT2D eigenvalue weighted by molar-refractivity contribution is -0.141. The highest BCUT2D eigenvalue weighted by molar-refractivity contribution is 6.35. The van der Waals surface area contributed by atoms with Gasteiger partial charge in [-0.15, -0.1) is 0 Å². The molecule has 1 fully saturated rings. The largest absolute Gasteiger partial charge is 0.493 e. The number of rotatable bonds is 11. The van der Waals surface area contributed by atoms with Crippen molar-refractivity contribution in [2.75, 3.05) is 14.2 Å². The number of hydrogen-bond acceptors (Lipinski definition) is 4. The van der Waals surface area contributed by atoms with Crippen molar-refractivity contribution in [2.24, 2.45) is 0 Å². The number of nitrogens with zero attached hydrogens (tertiary/aromatic N) is 1. The summed E-state index contributed by atoms with van der Waals surface area (Å²) >= 11 is 12.5. The van der Waals surface area contributed by atoms with E-state index in [1.807, 2.05) is 25.1 Å². The van der Waals surface area contributed by atoms with E-state index in [0.717, 1.165) is 36.8 Å². The van der Waals surface area contributed by atoms with Crippen LogP contribution in [0.15, 0.2) is 36.4 Å². The van der Waals surface area contributed by atoms with Gasteiger partial charge in [-0.05, 0) is 61.1 Å². The molecule has 2 aromatic carbocycles. The van der Waals surface area contributed by atoms with Gasteiger partial charge in [0.15, 0.2) is 11.5 Å².